The average molecular weight is 314 g/mol. The van der Waals surface area contributed by atoms with Gasteiger partial charge in [0.15, 0.2) is 0 Å². The van der Waals surface area contributed by atoms with Crippen LogP contribution in [0.1, 0.15) is 40.0 Å². The summed E-state index contributed by atoms with van der Waals surface area (Å²) in [7, 11) is -3.08. The minimum absolute atomic E-state index is 0. The number of likely N-dealkylation sites (tertiary alicyclic amines) is 1. The maximum atomic E-state index is 11.7. The van der Waals surface area contributed by atoms with Gasteiger partial charge in [-0.3, -0.25) is 0 Å². The molecule has 1 heterocycles. The number of rotatable bonds is 6. The van der Waals surface area contributed by atoms with Gasteiger partial charge >= 0.3 is 0 Å². The normalized spacial score (nSPS) is 19.2. The quantitative estimate of drug-likeness (QED) is 0.765. The fraction of sp³-hybridized carbons (Fsp3) is 1.00. The molecule has 116 valence electrons. The van der Waals surface area contributed by atoms with Gasteiger partial charge in [0.1, 0.15) is 0 Å². The Morgan fingerprint density at radius 1 is 1.32 bits per heavy atom. The lowest BCUT2D eigenvalue weighted by molar-refractivity contribution is 0.176. The highest BCUT2D eigenvalue weighted by Crippen LogP contribution is 2.13. The van der Waals surface area contributed by atoms with E-state index in [1.807, 2.05) is 20.8 Å². The number of halogens is 1. The van der Waals surface area contributed by atoms with Crippen molar-refractivity contribution in [2.45, 2.75) is 51.6 Å². The van der Waals surface area contributed by atoms with Crippen molar-refractivity contribution in [2.24, 2.45) is 5.73 Å². The van der Waals surface area contributed by atoms with E-state index in [4.69, 9.17) is 5.73 Å². The molecule has 0 spiro atoms. The van der Waals surface area contributed by atoms with E-state index in [1.54, 1.807) is 0 Å². The van der Waals surface area contributed by atoms with Crippen LogP contribution in [0.2, 0.25) is 0 Å². The molecule has 1 aliphatic rings. The van der Waals surface area contributed by atoms with Crippen molar-refractivity contribution < 1.29 is 8.42 Å². The zero-order valence-electron chi connectivity index (χ0n) is 12.2. The van der Waals surface area contributed by atoms with Crippen LogP contribution < -0.4 is 10.5 Å². The molecule has 19 heavy (non-hydrogen) atoms. The predicted molar refractivity (Wildman–Crippen MR) is 82.2 cm³/mol. The molecule has 0 aromatic rings. The summed E-state index contributed by atoms with van der Waals surface area (Å²) in [5.74, 6) is 0.225. The summed E-state index contributed by atoms with van der Waals surface area (Å²) in [5, 5.41) is 0. The molecule has 3 N–H and O–H groups in total. The Hall–Kier alpha value is 0.120. The molecule has 1 saturated heterocycles. The first-order valence-electron chi connectivity index (χ1n) is 6.73. The number of nitrogens with zero attached hydrogens (tertiary/aromatic N) is 1. The first kappa shape index (κ1) is 19.1. The monoisotopic (exact) mass is 313 g/mol. The number of hydrogen-bond donors (Lipinski definition) is 2. The third-order valence-corrected chi connectivity index (χ3v) is 4.68. The van der Waals surface area contributed by atoms with Crippen LogP contribution in [0.3, 0.4) is 0 Å². The lowest BCUT2D eigenvalue weighted by atomic mass is 10.0. The van der Waals surface area contributed by atoms with Crippen molar-refractivity contribution in [2.75, 3.05) is 25.4 Å². The zero-order chi connectivity index (χ0) is 13.8. The number of hydrogen-bond acceptors (Lipinski definition) is 4. The molecule has 1 rings (SSSR count). The molecule has 7 heteroatoms. The van der Waals surface area contributed by atoms with Gasteiger partial charge in [-0.1, -0.05) is 6.92 Å². The molecule has 1 aliphatic heterocycles. The molecular formula is C12H28ClN3O2S. The zero-order valence-corrected chi connectivity index (χ0v) is 13.8. The fourth-order valence-corrected chi connectivity index (χ4v) is 3.77. The van der Waals surface area contributed by atoms with E-state index < -0.39 is 10.0 Å². The molecule has 0 amide bonds. The lowest BCUT2D eigenvalue weighted by Gasteiger charge is -2.35. The molecule has 0 atom stereocenters. The van der Waals surface area contributed by atoms with Crippen molar-refractivity contribution >= 4 is 22.4 Å². The fourth-order valence-electron chi connectivity index (χ4n) is 2.37. The van der Waals surface area contributed by atoms with Crippen LogP contribution in [0.25, 0.3) is 0 Å². The van der Waals surface area contributed by atoms with Gasteiger partial charge < -0.3 is 10.6 Å². The SMILES string of the molecule is CCCS(=O)(=O)NC1CCN(CC(C)(C)N)CC1.Cl. The van der Waals surface area contributed by atoms with E-state index in [0.29, 0.717) is 6.42 Å². The van der Waals surface area contributed by atoms with Crippen molar-refractivity contribution in [3.63, 3.8) is 0 Å². The third kappa shape index (κ3) is 8.09. The molecule has 1 fully saturated rings. The van der Waals surface area contributed by atoms with Crippen LogP contribution in [-0.2, 0) is 10.0 Å². The van der Waals surface area contributed by atoms with E-state index >= 15 is 0 Å². The molecule has 0 radical (unpaired) electrons. The third-order valence-electron chi connectivity index (χ3n) is 3.04. The van der Waals surface area contributed by atoms with Gasteiger partial charge in [0.25, 0.3) is 0 Å². The second-order valence-corrected chi connectivity index (χ2v) is 7.85. The highest BCUT2D eigenvalue weighted by atomic mass is 35.5. The minimum Gasteiger partial charge on any atom is -0.324 e. The highest BCUT2D eigenvalue weighted by Gasteiger charge is 2.25. The summed E-state index contributed by atoms with van der Waals surface area (Å²) in [5.41, 5.74) is 5.80. The Kier molecular flexibility index (Phi) is 7.83. The van der Waals surface area contributed by atoms with Crippen LogP contribution in [0.15, 0.2) is 0 Å². The summed E-state index contributed by atoms with van der Waals surface area (Å²) in [6.45, 7) is 8.61. The number of nitrogens with two attached hydrogens (primary N) is 1. The van der Waals surface area contributed by atoms with Crippen LogP contribution in [0.4, 0.5) is 0 Å². The topological polar surface area (TPSA) is 75.4 Å². The number of sulfonamides is 1. The van der Waals surface area contributed by atoms with Gasteiger partial charge in [-0.2, -0.15) is 0 Å². The average Bonchev–Trinajstić information content (AvgIpc) is 2.18. The summed E-state index contributed by atoms with van der Waals surface area (Å²) in [4.78, 5) is 2.31. The van der Waals surface area contributed by atoms with E-state index in [2.05, 4.69) is 9.62 Å². The number of piperidine rings is 1. The molecule has 0 aromatic carbocycles. The second kappa shape index (κ2) is 7.78. The molecular weight excluding hydrogens is 286 g/mol. The summed E-state index contributed by atoms with van der Waals surface area (Å²) in [6, 6.07) is 0.0960. The Balaban J connectivity index is 0.00000324. The molecule has 0 aromatic heterocycles. The van der Waals surface area contributed by atoms with E-state index in [-0.39, 0.29) is 29.7 Å². The van der Waals surface area contributed by atoms with E-state index in [0.717, 1.165) is 32.5 Å². The summed E-state index contributed by atoms with van der Waals surface area (Å²) in [6.07, 6.45) is 2.41. The Labute approximate surface area is 123 Å². The molecule has 0 unspecified atom stereocenters. The van der Waals surface area contributed by atoms with Gasteiger partial charge in [-0.15, -0.1) is 12.4 Å². The van der Waals surface area contributed by atoms with Gasteiger partial charge in [-0.05, 0) is 46.2 Å². The summed E-state index contributed by atoms with van der Waals surface area (Å²) < 4.78 is 26.1. The number of nitrogens with one attached hydrogen (secondary N) is 1. The highest BCUT2D eigenvalue weighted by molar-refractivity contribution is 7.89. The Morgan fingerprint density at radius 3 is 2.26 bits per heavy atom. The molecule has 5 nitrogen and oxygen atoms in total. The molecule has 0 saturated carbocycles. The maximum Gasteiger partial charge on any atom is 0.211 e. The van der Waals surface area contributed by atoms with Crippen LogP contribution in [0, 0.1) is 0 Å². The van der Waals surface area contributed by atoms with E-state index in [1.165, 1.54) is 0 Å². The van der Waals surface area contributed by atoms with Crippen molar-refractivity contribution in [1.82, 2.24) is 9.62 Å². The first-order chi connectivity index (χ1) is 8.22. The van der Waals surface area contributed by atoms with Crippen LogP contribution in [0.5, 0.6) is 0 Å². The first-order valence-corrected chi connectivity index (χ1v) is 8.38. The summed E-state index contributed by atoms with van der Waals surface area (Å²) >= 11 is 0. The minimum atomic E-state index is -3.08. The Bertz CT molecular complexity index is 346. The van der Waals surface area contributed by atoms with Crippen LogP contribution >= 0.6 is 12.4 Å². The van der Waals surface area contributed by atoms with E-state index in [9.17, 15) is 8.42 Å². The van der Waals surface area contributed by atoms with Crippen LogP contribution in [-0.4, -0.2) is 50.3 Å². The van der Waals surface area contributed by atoms with Gasteiger partial charge in [0.05, 0.1) is 5.75 Å². The van der Waals surface area contributed by atoms with Crippen molar-refractivity contribution in [3.05, 3.63) is 0 Å². The van der Waals surface area contributed by atoms with Crippen molar-refractivity contribution in [3.8, 4) is 0 Å². The second-order valence-electron chi connectivity index (χ2n) is 5.98. The maximum absolute atomic E-state index is 11.7. The largest absolute Gasteiger partial charge is 0.324 e. The lowest BCUT2D eigenvalue weighted by Crippen LogP contribution is -2.51. The molecule has 0 bridgehead atoms. The van der Waals surface area contributed by atoms with Crippen molar-refractivity contribution in [1.29, 1.82) is 0 Å². The van der Waals surface area contributed by atoms with Gasteiger partial charge in [-0.25, -0.2) is 13.1 Å². The van der Waals surface area contributed by atoms with Gasteiger partial charge in [0.2, 0.25) is 10.0 Å². The smallest absolute Gasteiger partial charge is 0.211 e. The Morgan fingerprint density at radius 2 is 1.84 bits per heavy atom. The standard InChI is InChI=1S/C12H27N3O2S.ClH/c1-4-9-18(16,17)14-11-5-7-15(8-6-11)10-12(2,3)13;/h11,14H,4-10,13H2,1-3H3;1H. The predicted octanol–water partition coefficient (Wildman–Crippen LogP) is 0.939. The van der Waals surface area contributed by atoms with Gasteiger partial charge in [0, 0.05) is 18.1 Å². The molecule has 0 aliphatic carbocycles.